The Hall–Kier alpha value is -1.40. The van der Waals surface area contributed by atoms with Crippen LogP contribution in [0, 0.1) is 0 Å². The number of hydrogen-bond donors (Lipinski definition) is 0. The summed E-state index contributed by atoms with van der Waals surface area (Å²) in [5.41, 5.74) is -0.629. The van der Waals surface area contributed by atoms with Crippen LogP contribution in [-0.4, -0.2) is 47.5 Å². The van der Waals surface area contributed by atoms with Crippen molar-refractivity contribution >= 4 is 12.0 Å². The number of hydrogen-bond acceptors (Lipinski definition) is 5. The SMILES string of the molecule is CC1(C)CN(C(=O)/C=C\[C@H]2COC(C)(C)O2)C(=O)O1. The number of cyclic esters (lactones) is 1. The maximum absolute atomic E-state index is 11.9. The molecule has 0 radical (unpaired) electrons. The van der Waals surface area contributed by atoms with Crippen molar-refractivity contribution in [3.05, 3.63) is 12.2 Å². The van der Waals surface area contributed by atoms with Crippen LogP contribution in [0.2, 0.25) is 0 Å². The molecule has 2 aliphatic rings. The minimum atomic E-state index is -0.632. The second-order valence-electron chi connectivity index (χ2n) is 5.78. The minimum Gasteiger partial charge on any atom is -0.441 e. The van der Waals surface area contributed by atoms with E-state index in [-0.39, 0.29) is 12.6 Å². The molecule has 6 heteroatoms. The van der Waals surface area contributed by atoms with Crippen LogP contribution >= 0.6 is 0 Å². The molecule has 2 rings (SSSR count). The average Bonchev–Trinajstić information content (AvgIpc) is 2.74. The van der Waals surface area contributed by atoms with Gasteiger partial charge in [-0.3, -0.25) is 4.79 Å². The van der Waals surface area contributed by atoms with Crippen LogP contribution < -0.4 is 0 Å². The summed E-state index contributed by atoms with van der Waals surface area (Å²) >= 11 is 0. The first-order chi connectivity index (χ1) is 8.69. The van der Waals surface area contributed by atoms with Crippen LogP contribution in [0.3, 0.4) is 0 Å². The van der Waals surface area contributed by atoms with Crippen LogP contribution in [0.25, 0.3) is 0 Å². The van der Waals surface area contributed by atoms with E-state index in [0.29, 0.717) is 6.61 Å². The molecular weight excluding hydrogens is 250 g/mol. The van der Waals surface area contributed by atoms with Crippen LogP contribution in [0.1, 0.15) is 27.7 Å². The Bertz CT molecular complexity index is 427. The van der Waals surface area contributed by atoms with Crippen molar-refractivity contribution in [3.8, 4) is 0 Å². The van der Waals surface area contributed by atoms with Gasteiger partial charge >= 0.3 is 6.09 Å². The monoisotopic (exact) mass is 269 g/mol. The molecule has 0 aromatic heterocycles. The topological polar surface area (TPSA) is 65.1 Å². The quantitative estimate of drug-likeness (QED) is 0.710. The van der Waals surface area contributed by atoms with Crippen LogP contribution in [0.15, 0.2) is 12.2 Å². The number of nitrogens with zero attached hydrogens (tertiary/aromatic N) is 1. The van der Waals surface area contributed by atoms with Gasteiger partial charge in [0.05, 0.1) is 13.2 Å². The van der Waals surface area contributed by atoms with Crippen molar-refractivity contribution < 1.29 is 23.8 Å². The van der Waals surface area contributed by atoms with E-state index in [4.69, 9.17) is 14.2 Å². The minimum absolute atomic E-state index is 0.253. The molecule has 2 heterocycles. The molecule has 0 aromatic carbocycles. The molecule has 19 heavy (non-hydrogen) atoms. The third-order valence-corrected chi connectivity index (χ3v) is 2.87. The van der Waals surface area contributed by atoms with Crippen molar-refractivity contribution in [3.63, 3.8) is 0 Å². The van der Waals surface area contributed by atoms with Gasteiger partial charge in [-0.1, -0.05) is 0 Å². The summed E-state index contributed by atoms with van der Waals surface area (Å²) in [6.45, 7) is 7.79. The van der Waals surface area contributed by atoms with Crippen molar-refractivity contribution in [1.82, 2.24) is 4.90 Å². The van der Waals surface area contributed by atoms with Gasteiger partial charge in [0.1, 0.15) is 11.7 Å². The Balaban J connectivity index is 1.93. The average molecular weight is 269 g/mol. The highest BCUT2D eigenvalue weighted by Gasteiger charge is 2.40. The Morgan fingerprint density at radius 2 is 2.05 bits per heavy atom. The van der Waals surface area contributed by atoms with Gasteiger partial charge in [0, 0.05) is 6.08 Å². The van der Waals surface area contributed by atoms with E-state index in [1.807, 2.05) is 13.8 Å². The highest BCUT2D eigenvalue weighted by molar-refractivity contribution is 5.99. The van der Waals surface area contributed by atoms with Gasteiger partial charge in [0.2, 0.25) is 0 Å². The lowest BCUT2D eigenvalue weighted by molar-refractivity contribution is -0.133. The second-order valence-corrected chi connectivity index (χ2v) is 5.78. The number of ether oxygens (including phenoxy) is 3. The molecule has 0 N–H and O–H groups in total. The second kappa shape index (κ2) is 4.61. The van der Waals surface area contributed by atoms with Crippen molar-refractivity contribution in [1.29, 1.82) is 0 Å². The lowest BCUT2D eigenvalue weighted by atomic mass is 10.1. The number of carbonyl (C=O) groups excluding carboxylic acids is 2. The number of rotatable bonds is 2. The molecule has 2 amide bonds. The van der Waals surface area contributed by atoms with Gasteiger partial charge in [0.25, 0.3) is 5.91 Å². The van der Waals surface area contributed by atoms with E-state index in [1.165, 1.54) is 6.08 Å². The maximum atomic E-state index is 11.9. The number of amides is 2. The van der Waals surface area contributed by atoms with Crippen molar-refractivity contribution in [2.45, 2.75) is 45.2 Å². The third-order valence-electron chi connectivity index (χ3n) is 2.87. The molecule has 1 atom stereocenters. The molecule has 6 nitrogen and oxygen atoms in total. The zero-order valence-corrected chi connectivity index (χ0v) is 11.6. The zero-order chi connectivity index (χ0) is 14.3. The normalized spacial score (nSPS) is 28.9. The molecule has 0 spiro atoms. The summed E-state index contributed by atoms with van der Waals surface area (Å²) in [7, 11) is 0. The molecule has 106 valence electrons. The largest absolute Gasteiger partial charge is 0.441 e. The zero-order valence-electron chi connectivity index (χ0n) is 11.6. The van der Waals surface area contributed by atoms with Gasteiger partial charge in [0.15, 0.2) is 5.79 Å². The fourth-order valence-corrected chi connectivity index (χ4v) is 2.03. The lowest BCUT2D eigenvalue weighted by Crippen LogP contribution is -2.33. The standard InChI is InChI=1S/C13H19NO5/c1-12(2)8-14(11(16)19-12)10(15)6-5-9-7-17-13(3,4)18-9/h5-6,9H,7-8H2,1-4H3/b6-5-/t9-/m0/s1. The molecule has 2 aliphatic heterocycles. The Labute approximate surface area is 112 Å². The first-order valence-electron chi connectivity index (χ1n) is 6.23. The van der Waals surface area contributed by atoms with E-state index in [9.17, 15) is 9.59 Å². The van der Waals surface area contributed by atoms with E-state index < -0.39 is 23.4 Å². The van der Waals surface area contributed by atoms with Gasteiger partial charge in [-0.15, -0.1) is 0 Å². The number of carbonyl (C=O) groups is 2. The predicted octanol–water partition coefficient (Wildman–Crippen LogP) is 1.45. The van der Waals surface area contributed by atoms with Crippen LogP contribution in [0.5, 0.6) is 0 Å². The summed E-state index contributed by atoms with van der Waals surface area (Å²) in [6.07, 6.45) is 2.06. The van der Waals surface area contributed by atoms with Gasteiger partial charge < -0.3 is 14.2 Å². The molecular formula is C13H19NO5. The lowest BCUT2D eigenvalue weighted by Gasteiger charge is -2.15. The smallest absolute Gasteiger partial charge is 0.417 e. The molecule has 0 saturated carbocycles. The first kappa shape index (κ1) is 14.0. The van der Waals surface area contributed by atoms with E-state index in [1.54, 1.807) is 19.9 Å². The molecule has 0 aliphatic carbocycles. The molecule has 0 unspecified atom stereocenters. The first-order valence-corrected chi connectivity index (χ1v) is 6.23. The van der Waals surface area contributed by atoms with E-state index >= 15 is 0 Å². The summed E-state index contributed by atoms with van der Waals surface area (Å²) in [5.74, 6) is -1.03. The molecule has 2 fully saturated rings. The Kier molecular flexibility index (Phi) is 3.40. The maximum Gasteiger partial charge on any atom is 0.417 e. The summed E-state index contributed by atoms with van der Waals surface area (Å²) in [6, 6.07) is 0. The highest BCUT2D eigenvalue weighted by atomic mass is 16.7. The predicted molar refractivity (Wildman–Crippen MR) is 66.3 cm³/mol. The van der Waals surface area contributed by atoms with Gasteiger partial charge in [-0.2, -0.15) is 0 Å². The van der Waals surface area contributed by atoms with E-state index in [0.717, 1.165) is 4.90 Å². The van der Waals surface area contributed by atoms with Gasteiger partial charge in [-0.25, -0.2) is 9.69 Å². The molecule has 0 bridgehead atoms. The van der Waals surface area contributed by atoms with E-state index in [2.05, 4.69) is 0 Å². The van der Waals surface area contributed by atoms with Crippen molar-refractivity contribution in [2.75, 3.05) is 13.2 Å². The molecule has 0 aromatic rings. The third kappa shape index (κ3) is 3.33. The summed E-state index contributed by atoms with van der Waals surface area (Å²) in [5, 5.41) is 0. The fourth-order valence-electron chi connectivity index (χ4n) is 2.03. The summed E-state index contributed by atoms with van der Waals surface area (Å²) in [4.78, 5) is 24.5. The van der Waals surface area contributed by atoms with Gasteiger partial charge in [-0.05, 0) is 33.8 Å². The Morgan fingerprint density at radius 3 is 2.53 bits per heavy atom. The van der Waals surface area contributed by atoms with Crippen molar-refractivity contribution in [2.24, 2.45) is 0 Å². The van der Waals surface area contributed by atoms with Crippen LogP contribution in [-0.2, 0) is 19.0 Å². The summed E-state index contributed by atoms with van der Waals surface area (Å²) < 4.78 is 16.0. The molecule has 2 saturated heterocycles. The van der Waals surface area contributed by atoms with Crippen LogP contribution in [0.4, 0.5) is 4.79 Å². The highest BCUT2D eigenvalue weighted by Crippen LogP contribution is 2.24. The fraction of sp³-hybridized carbons (Fsp3) is 0.692. The number of imide groups is 1. The Morgan fingerprint density at radius 1 is 1.37 bits per heavy atom.